The molecule has 0 saturated heterocycles. The van der Waals surface area contributed by atoms with Crippen molar-refractivity contribution in [2.24, 2.45) is 5.92 Å². The van der Waals surface area contributed by atoms with Gasteiger partial charge in [-0.3, -0.25) is 4.79 Å². The van der Waals surface area contributed by atoms with E-state index in [0.717, 1.165) is 18.4 Å². The Morgan fingerprint density at radius 3 is 2.76 bits per heavy atom. The third-order valence-corrected chi connectivity index (χ3v) is 3.40. The van der Waals surface area contributed by atoms with E-state index in [1.165, 1.54) is 24.8 Å². The van der Waals surface area contributed by atoms with Crippen LogP contribution in [0.15, 0.2) is 24.3 Å². The largest absolute Gasteiger partial charge is 0.461 e. The van der Waals surface area contributed by atoms with Gasteiger partial charge in [-0.1, -0.05) is 49.1 Å². The van der Waals surface area contributed by atoms with Gasteiger partial charge in [0, 0.05) is 0 Å². The Morgan fingerprint density at radius 1 is 1.29 bits per heavy atom. The molecule has 0 heterocycles. The van der Waals surface area contributed by atoms with E-state index < -0.39 is 0 Å². The van der Waals surface area contributed by atoms with E-state index in [9.17, 15) is 4.79 Å². The maximum Gasteiger partial charge on any atom is 0.309 e. The minimum absolute atomic E-state index is 0.00814. The predicted octanol–water partition coefficient (Wildman–Crippen LogP) is 3.62. The first-order chi connectivity index (χ1) is 8.25. The van der Waals surface area contributed by atoms with Crippen LogP contribution in [0.3, 0.4) is 0 Å². The monoisotopic (exact) mass is 232 g/mol. The highest BCUT2D eigenvalue weighted by Gasteiger charge is 2.22. The fourth-order valence-corrected chi connectivity index (χ4v) is 2.41. The maximum absolute atomic E-state index is 11.8. The number of benzene rings is 1. The molecule has 1 saturated carbocycles. The van der Waals surface area contributed by atoms with Gasteiger partial charge in [0.1, 0.15) is 6.61 Å². The van der Waals surface area contributed by atoms with Crippen LogP contribution < -0.4 is 0 Å². The van der Waals surface area contributed by atoms with Crippen LogP contribution in [-0.4, -0.2) is 5.97 Å². The van der Waals surface area contributed by atoms with Crippen molar-refractivity contribution in [2.45, 2.75) is 45.6 Å². The van der Waals surface area contributed by atoms with E-state index in [-0.39, 0.29) is 11.9 Å². The zero-order valence-corrected chi connectivity index (χ0v) is 10.4. The van der Waals surface area contributed by atoms with Gasteiger partial charge in [-0.25, -0.2) is 0 Å². The first-order valence-corrected chi connectivity index (χ1v) is 6.48. The highest BCUT2D eigenvalue weighted by Crippen LogP contribution is 2.24. The summed E-state index contributed by atoms with van der Waals surface area (Å²) in [6.07, 6.45) is 5.62. The molecular weight excluding hydrogens is 212 g/mol. The second-order valence-corrected chi connectivity index (χ2v) is 4.93. The van der Waals surface area contributed by atoms with Crippen molar-refractivity contribution >= 4 is 5.97 Å². The van der Waals surface area contributed by atoms with Crippen molar-refractivity contribution < 1.29 is 9.53 Å². The van der Waals surface area contributed by atoms with Crippen LogP contribution in [0, 0.1) is 12.8 Å². The summed E-state index contributed by atoms with van der Waals surface area (Å²) in [5.41, 5.74) is 2.28. The van der Waals surface area contributed by atoms with Gasteiger partial charge in [0.15, 0.2) is 0 Å². The zero-order valence-electron chi connectivity index (χ0n) is 10.4. The Balaban J connectivity index is 1.83. The van der Waals surface area contributed by atoms with Crippen LogP contribution in [0.2, 0.25) is 0 Å². The number of aryl methyl sites for hydroxylation is 1. The molecule has 1 aliphatic carbocycles. The minimum atomic E-state index is -0.00814. The lowest BCUT2D eigenvalue weighted by Gasteiger charge is -2.19. The van der Waals surface area contributed by atoms with Crippen molar-refractivity contribution in [3.05, 3.63) is 35.4 Å². The summed E-state index contributed by atoms with van der Waals surface area (Å²) in [6, 6.07) is 8.11. The Hall–Kier alpha value is -1.31. The van der Waals surface area contributed by atoms with E-state index in [2.05, 4.69) is 6.07 Å². The number of rotatable bonds is 3. The first kappa shape index (κ1) is 12.2. The summed E-state index contributed by atoms with van der Waals surface area (Å²) in [7, 11) is 0. The minimum Gasteiger partial charge on any atom is -0.461 e. The van der Waals surface area contributed by atoms with E-state index in [1.54, 1.807) is 0 Å². The topological polar surface area (TPSA) is 26.3 Å². The Labute approximate surface area is 103 Å². The molecule has 0 unspecified atom stereocenters. The summed E-state index contributed by atoms with van der Waals surface area (Å²) in [6.45, 7) is 2.46. The van der Waals surface area contributed by atoms with Gasteiger partial charge in [0.2, 0.25) is 0 Å². The fourth-order valence-electron chi connectivity index (χ4n) is 2.41. The van der Waals surface area contributed by atoms with E-state index in [4.69, 9.17) is 4.74 Å². The summed E-state index contributed by atoms with van der Waals surface area (Å²) >= 11 is 0. The van der Waals surface area contributed by atoms with Gasteiger partial charge in [-0.05, 0) is 25.3 Å². The van der Waals surface area contributed by atoms with Crippen LogP contribution in [0.25, 0.3) is 0 Å². The van der Waals surface area contributed by atoms with Crippen molar-refractivity contribution in [1.29, 1.82) is 0 Å². The van der Waals surface area contributed by atoms with Gasteiger partial charge < -0.3 is 4.74 Å². The smallest absolute Gasteiger partial charge is 0.309 e. The van der Waals surface area contributed by atoms with Crippen LogP contribution in [0.4, 0.5) is 0 Å². The number of hydrogen-bond donors (Lipinski definition) is 0. The van der Waals surface area contributed by atoms with Crippen LogP contribution >= 0.6 is 0 Å². The average molecular weight is 232 g/mol. The van der Waals surface area contributed by atoms with Crippen LogP contribution in [0.5, 0.6) is 0 Å². The highest BCUT2D eigenvalue weighted by atomic mass is 16.5. The quantitative estimate of drug-likeness (QED) is 0.744. The van der Waals surface area contributed by atoms with Gasteiger partial charge in [0.05, 0.1) is 5.92 Å². The fraction of sp³-hybridized carbons (Fsp3) is 0.533. The number of hydrogen-bond acceptors (Lipinski definition) is 2. The summed E-state index contributed by atoms with van der Waals surface area (Å²) in [5, 5.41) is 0. The van der Waals surface area contributed by atoms with Crippen LogP contribution in [-0.2, 0) is 16.1 Å². The molecule has 92 valence electrons. The van der Waals surface area contributed by atoms with Crippen LogP contribution in [0.1, 0.15) is 43.2 Å². The molecule has 0 N–H and O–H groups in total. The second kappa shape index (κ2) is 5.85. The third kappa shape index (κ3) is 3.58. The van der Waals surface area contributed by atoms with Gasteiger partial charge in [-0.2, -0.15) is 0 Å². The van der Waals surface area contributed by atoms with E-state index in [1.807, 2.05) is 25.1 Å². The number of esters is 1. The Kier molecular flexibility index (Phi) is 4.18. The molecule has 0 amide bonds. The Morgan fingerprint density at radius 2 is 2.06 bits per heavy atom. The average Bonchev–Trinajstić information content (AvgIpc) is 2.37. The van der Waals surface area contributed by atoms with Gasteiger partial charge >= 0.3 is 5.97 Å². The molecule has 1 aromatic carbocycles. The maximum atomic E-state index is 11.8. The molecule has 0 radical (unpaired) electrons. The van der Waals surface area contributed by atoms with Gasteiger partial charge in [-0.15, -0.1) is 0 Å². The number of carbonyl (C=O) groups excluding carboxylic acids is 1. The molecule has 0 aromatic heterocycles. The molecule has 0 bridgehead atoms. The number of carbonyl (C=O) groups is 1. The standard InChI is InChI=1S/C15H20O2/c1-12-6-5-7-13(10-12)11-17-15(16)14-8-3-2-4-9-14/h5-7,10,14H,2-4,8-9,11H2,1H3. The summed E-state index contributed by atoms with van der Waals surface area (Å²) in [5.74, 6) is 0.139. The zero-order chi connectivity index (χ0) is 12.1. The molecule has 2 rings (SSSR count). The molecule has 17 heavy (non-hydrogen) atoms. The number of ether oxygens (including phenoxy) is 1. The molecule has 1 fully saturated rings. The molecule has 1 aliphatic rings. The summed E-state index contributed by atoms with van der Waals surface area (Å²) in [4.78, 5) is 11.8. The highest BCUT2D eigenvalue weighted by molar-refractivity contribution is 5.72. The molecule has 0 atom stereocenters. The summed E-state index contributed by atoms with van der Waals surface area (Å²) < 4.78 is 5.38. The molecule has 2 nitrogen and oxygen atoms in total. The first-order valence-electron chi connectivity index (χ1n) is 6.48. The molecule has 0 spiro atoms. The van der Waals surface area contributed by atoms with Crippen molar-refractivity contribution in [2.75, 3.05) is 0 Å². The lowest BCUT2D eigenvalue weighted by molar-refractivity contribution is -0.151. The normalized spacial score (nSPS) is 16.8. The van der Waals surface area contributed by atoms with Crippen molar-refractivity contribution in [1.82, 2.24) is 0 Å². The predicted molar refractivity (Wildman–Crippen MR) is 67.6 cm³/mol. The lowest BCUT2D eigenvalue weighted by atomic mass is 9.89. The molecule has 0 aliphatic heterocycles. The molecular formula is C15H20O2. The van der Waals surface area contributed by atoms with Crippen molar-refractivity contribution in [3.63, 3.8) is 0 Å². The molecule has 2 heteroatoms. The van der Waals surface area contributed by atoms with Crippen molar-refractivity contribution in [3.8, 4) is 0 Å². The third-order valence-electron chi connectivity index (χ3n) is 3.40. The SMILES string of the molecule is Cc1cccc(COC(=O)C2CCCCC2)c1. The molecule has 1 aromatic rings. The van der Waals surface area contributed by atoms with E-state index >= 15 is 0 Å². The van der Waals surface area contributed by atoms with Gasteiger partial charge in [0.25, 0.3) is 0 Å². The second-order valence-electron chi connectivity index (χ2n) is 4.93. The lowest BCUT2D eigenvalue weighted by Crippen LogP contribution is -2.20. The van der Waals surface area contributed by atoms with E-state index in [0.29, 0.717) is 6.61 Å². The Bertz CT molecular complexity index is 378.